The van der Waals surface area contributed by atoms with E-state index in [1.165, 1.54) is 11.0 Å². The Kier molecular flexibility index (Phi) is 12.3. The van der Waals surface area contributed by atoms with E-state index in [0.29, 0.717) is 28.9 Å². The molecule has 1 aromatic carbocycles. The van der Waals surface area contributed by atoms with Gasteiger partial charge >= 0.3 is 27.7 Å². The van der Waals surface area contributed by atoms with Gasteiger partial charge in [0.2, 0.25) is 11.8 Å². The summed E-state index contributed by atoms with van der Waals surface area (Å²) in [5.41, 5.74) is -6.64. The fraction of sp³-hybridized carbons (Fsp3) is 0.694. The monoisotopic (exact) mass is 896 g/mol. The first-order valence-electron chi connectivity index (χ1n) is 18.1. The van der Waals surface area contributed by atoms with Gasteiger partial charge in [-0.15, -0.1) is 0 Å². The van der Waals surface area contributed by atoms with Crippen LogP contribution in [0.4, 0.5) is 18.0 Å². The maximum Gasteiger partial charge on any atom is 0.534 e. The van der Waals surface area contributed by atoms with Crippen LogP contribution in [0, 0.1) is 17.3 Å². The molecule has 3 aliphatic rings. The van der Waals surface area contributed by atoms with Crippen LogP contribution in [-0.2, 0) is 35.6 Å². The summed E-state index contributed by atoms with van der Waals surface area (Å²) in [6, 6.07) is 1.17. The summed E-state index contributed by atoms with van der Waals surface area (Å²) in [5, 5.41) is 2.82. The van der Waals surface area contributed by atoms with Gasteiger partial charge in [0, 0.05) is 15.9 Å². The van der Waals surface area contributed by atoms with Gasteiger partial charge in [-0.1, -0.05) is 63.1 Å². The number of carbonyl (C=O) groups is 3. The van der Waals surface area contributed by atoms with Crippen LogP contribution in [0.15, 0.2) is 18.2 Å². The van der Waals surface area contributed by atoms with Crippen LogP contribution in [-0.4, -0.2) is 87.1 Å². The van der Waals surface area contributed by atoms with Gasteiger partial charge in [-0.25, -0.2) is 19.6 Å². The van der Waals surface area contributed by atoms with E-state index in [-0.39, 0.29) is 35.5 Å². The van der Waals surface area contributed by atoms with E-state index in [1.807, 2.05) is 0 Å². The number of carbonyl (C=O) groups excluding carboxylic acids is 3. The third kappa shape index (κ3) is 9.79. The van der Waals surface area contributed by atoms with Gasteiger partial charge in [0.25, 0.3) is 0 Å². The summed E-state index contributed by atoms with van der Waals surface area (Å²) in [7, 11) is -5.95. The molecule has 7 atom stereocenters. The molecule has 2 aliphatic heterocycles. The zero-order chi connectivity index (χ0) is 40.0. The topological polar surface area (TPSA) is 163 Å². The van der Waals surface area contributed by atoms with Gasteiger partial charge in [-0.05, 0) is 76.3 Å². The van der Waals surface area contributed by atoms with Gasteiger partial charge in [-0.2, -0.15) is 21.6 Å². The second-order valence-corrected chi connectivity index (χ2v) is 19.7. The van der Waals surface area contributed by atoms with E-state index >= 15 is 0 Å². The molecule has 13 nitrogen and oxygen atoms in total. The van der Waals surface area contributed by atoms with E-state index < -0.39 is 74.5 Å². The molecule has 1 saturated carbocycles. The van der Waals surface area contributed by atoms with Crippen molar-refractivity contribution < 1.29 is 54.4 Å². The Labute approximate surface area is 327 Å². The highest BCUT2D eigenvalue weighted by Crippen LogP contribution is 2.38. The number of nitrogens with one attached hydrogen (secondary N) is 1. The number of nitrogens with zero attached hydrogens (tertiary/aromatic N) is 3. The molecule has 2 aromatic rings. The van der Waals surface area contributed by atoms with Crippen molar-refractivity contribution in [1.82, 2.24) is 20.2 Å². The van der Waals surface area contributed by atoms with Crippen LogP contribution in [0.2, 0.25) is 0 Å². The summed E-state index contributed by atoms with van der Waals surface area (Å²) >= 11 is 2.37. The van der Waals surface area contributed by atoms with E-state index in [2.05, 4.69) is 37.1 Å². The van der Waals surface area contributed by atoms with Crippen molar-refractivity contribution in [2.75, 3.05) is 6.54 Å². The first-order valence-corrected chi connectivity index (χ1v) is 20.7. The third-order valence-corrected chi connectivity index (χ3v) is 11.8. The molecular weight excluding hydrogens is 848 g/mol. The predicted molar refractivity (Wildman–Crippen MR) is 199 cm³/mol. The molecule has 300 valence electrons. The number of benzene rings is 1. The molecule has 0 radical (unpaired) electrons. The van der Waals surface area contributed by atoms with Crippen molar-refractivity contribution >= 4 is 61.7 Å². The number of amides is 2. The van der Waals surface area contributed by atoms with Gasteiger partial charge in [0.1, 0.15) is 41.3 Å². The van der Waals surface area contributed by atoms with Crippen LogP contribution in [0.1, 0.15) is 92.7 Å². The van der Waals surface area contributed by atoms with Crippen LogP contribution >= 0.6 is 22.6 Å². The van der Waals surface area contributed by atoms with Gasteiger partial charge in [0.15, 0.2) is 0 Å². The van der Waals surface area contributed by atoms with Gasteiger partial charge in [-0.3, -0.25) is 4.79 Å². The van der Waals surface area contributed by atoms with Crippen molar-refractivity contribution in [1.29, 1.82) is 0 Å². The van der Waals surface area contributed by atoms with Crippen molar-refractivity contribution in [3.05, 3.63) is 23.9 Å². The molecule has 1 saturated heterocycles. The summed E-state index contributed by atoms with van der Waals surface area (Å²) in [6.07, 6.45) is 3.25. The van der Waals surface area contributed by atoms with Crippen LogP contribution in [0.5, 0.6) is 11.6 Å². The number of ether oxygens (including phenoxy) is 3. The number of aromatic nitrogens is 2. The minimum absolute atomic E-state index is 0.00387. The molecular formula is C36H48F3IN4O9S. The Morgan fingerprint density at radius 3 is 2.33 bits per heavy atom. The normalized spacial score (nSPS) is 27.8. The number of alkyl carbamates (subject to hydrolysis) is 1. The molecule has 0 unspecified atom stereocenters. The lowest BCUT2D eigenvalue weighted by Crippen LogP contribution is -2.58. The lowest BCUT2D eigenvalue weighted by Gasteiger charge is -2.36. The number of hydrogen-bond donors (Lipinski definition) is 1. The van der Waals surface area contributed by atoms with Crippen molar-refractivity contribution in [2.24, 2.45) is 17.3 Å². The Balaban J connectivity index is 1.57. The second kappa shape index (κ2) is 15.8. The first-order chi connectivity index (χ1) is 24.9. The first kappa shape index (κ1) is 42.0. The van der Waals surface area contributed by atoms with Crippen molar-refractivity contribution in [3.8, 4) is 11.6 Å². The number of esters is 1. The lowest BCUT2D eigenvalue weighted by atomic mass is 9.85. The Bertz CT molecular complexity index is 1850. The molecule has 5 rings (SSSR count). The second-order valence-electron chi connectivity index (χ2n) is 16.4. The SMILES string of the molecule is C[C@@H]1[C@@H]2CN(C(=O)[C@H](C(C)(C)C)NC(=O)O[C@@H]3C[C@H](I)C[C@H]3CCCCCc3nc4ccc(OS(=O)(=O)C(F)(F)F)cc4nc3O2)[C@@H]1C(=O)OC(C)(C)C. The van der Waals surface area contributed by atoms with E-state index in [1.54, 1.807) is 48.5 Å². The number of rotatable bonds is 3. The van der Waals surface area contributed by atoms with Gasteiger partial charge < -0.3 is 28.6 Å². The maximum atomic E-state index is 14.6. The fourth-order valence-electron chi connectivity index (χ4n) is 7.17. The number of halogens is 4. The predicted octanol–water partition coefficient (Wildman–Crippen LogP) is 6.63. The summed E-state index contributed by atoms with van der Waals surface area (Å²) in [6.45, 7) is 12.1. The third-order valence-electron chi connectivity index (χ3n) is 9.85. The molecule has 3 heterocycles. The van der Waals surface area contributed by atoms with E-state index in [9.17, 15) is 36.0 Å². The summed E-state index contributed by atoms with van der Waals surface area (Å²) < 4.78 is 85.7. The molecule has 0 spiro atoms. The number of alkyl halides is 4. The number of hydrogen-bond acceptors (Lipinski definition) is 11. The molecule has 2 bridgehead atoms. The summed E-state index contributed by atoms with van der Waals surface area (Å²) in [5.74, 6) is -2.35. The minimum Gasteiger partial charge on any atom is -0.471 e. The standard InChI is InChI=1S/C36H48F3IN4O9S/c1-19-27-18-44(28(19)32(46)52-35(5,6)7)31(45)29(34(2,3)4)43-33(47)51-26-16-21(40)15-20(26)11-9-8-10-12-24-30(50-27)42-25-17-22(13-14-23(25)41-24)53-54(48,49)36(37,38)39/h13-14,17,19-21,26-29H,8-12,15-16,18H2,1-7H3,(H,43,47)/t19-,20-,21-,26-,27+,28+,29-/m1/s1. The summed E-state index contributed by atoms with van der Waals surface area (Å²) in [4.78, 5) is 52.5. The highest BCUT2D eigenvalue weighted by atomic mass is 127. The molecule has 1 aliphatic carbocycles. The zero-order valence-corrected chi connectivity index (χ0v) is 34.3. The Hall–Kier alpha value is -3.16. The van der Waals surface area contributed by atoms with Crippen LogP contribution in [0.25, 0.3) is 11.0 Å². The quantitative estimate of drug-likeness (QED) is 0.116. The Morgan fingerprint density at radius 2 is 1.69 bits per heavy atom. The maximum absolute atomic E-state index is 14.6. The van der Waals surface area contributed by atoms with Gasteiger partial charge in [0.05, 0.1) is 17.6 Å². The average molecular weight is 897 g/mol. The van der Waals surface area contributed by atoms with E-state index in [4.69, 9.17) is 19.2 Å². The fourth-order valence-corrected chi connectivity index (χ4v) is 8.77. The van der Waals surface area contributed by atoms with Crippen molar-refractivity contribution in [3.63, 3.8) is 0 Å². The molecule has 2 fully saturated rings. The molecule has 2 amide bonds. The molecule has 54 heavy (non-hydrogen) atoms. The smallest absolute Gasteiger partial charge is 0.471 e. The minimum atomic E-state index is -5.95. The molecule has 1 aromatic heterocycles. The lowest BCUT2D eigenvalue weighted by molar-refractivity contribution is -0.165. The van der Waals surface area contributed by atoms with Crippen LogP contribution in [0.3, 0.4) is 0 Å². The van der Waals surface area contributed by atoms with Crippen molar-refractivity contribution in [2.45, 2.75) is 133 Å². The number of fused-ring (bicyclic) bond motifs is 5. The highest BCUT2D eigenvalue weighted by Gasteiger charge is 2.52. The average Bonchev–Trinajstić information content (AvgIpc) is 3.54. The molecule has 1 N–H and O–H groups in total. The van der Waals surface area contributed by atoms with Crippen LogP contribution < -0.4 is 14.2 Å². The highest BCUT2D eigenvalue weighted by molar-refractivity contribution is 14.1. The zero-order valence-electron chi connectivity index (χ0n) is 31.4. The number of aryl methyl sites for hydroxylation is 1. The van der Waals surface area contributed by atoms with E-state index in [0.717, 1.165) is 37.8 Å². The largest absolute Gasteiger partial charge is 0.534 e. The molecule has 18 heteroatoms. The Morgan fingerprint density at radius 1 is 0.981 bits per heavy atom.